The van der Waals surface area contributed by atoms with Crippen molar-refractivity contribution < 1.29 is 19.4 Å². The van der Waals surface area contributed by atoms with E-state index >= 15 is 0 Å². The SMILES string of the molecule is Cc1ccc(C(=O)O)c(OC2CCCOC2)c1. The molecule has 4 heteroatoms. The molecule has 1 aromatic carbocycles. The van der Waals surface area contributed by atoms with Gasteiger partial charge in [-0.2, -0.15) is 0 Å². The molecule has 92 valence electrons. The smallest absolute Gasteiger partial charge is 0.339 e. The van der Waals surface area contributed by atoms with E-state index in [1.165, 1.54) is 0 Å². The molecule has 1 saturated heterocycles. The van der Waals surface area contributed by atoms with E-state index in [4.69, 9.17) is 14.6 Å². The lowest BCUT2D eigenvalue weighted by Gasteiger charge is -2.24. The van der Waals surface area contributed by atoms with Crippen molar-refractivity contribution in [1.82, 2.24) is 0 Å². The molecule has 1 aromatic rings. The highest BCUT2D eigenvalue weighted by Gasteiger charge is 2.19. The van der Waals surface area contributed by atoms with Crippen LogP contribution in [-0.4, -0.2) is 30.4 Å². The highest BCUT2D eigenvalue weighted by molar-refractivity contribution is 5.90. The molecular formula is C13H16O4. The van der Waals surface area contributed by atoms with Crippen molar-refractivity contribution in [3.63, 3.8) is 0 Å². The van der Waals surface area contributed by atoms with E-state index in [9.17, 15) is 4.79 Å². The Bertz CT molecular complexity index is 408. The van der Waals surface area contributed by atoms with Crippen LogP contribution in [0, 0.1) is 6.92 Å². The summed E-state index contributed by atoms with van der Waals surface area (Å²) in [7, 11) is 0. The Balaban J connectivity index is 2.17. The molecule has 1 unspecified atom stereocenters. The summed E-state index contributed by atoms with van der Waals surface area (Å²) in [5, 5.41) is 9.07. The number of benzene rings is 1. The molecule has 1 atom stereocenters. The molecule has 4 nitrogen and oxygen atoms in total. The molecule has 0 aromatic heterocycles. The largest absolute Gasteiger partial charge is 0.487 e. The summed E-state index contributed by atoms with van der Waals surface area (Å²) in [6, 6.07) is 5.11. The standard InChI is InChI=1S/C13H16O4/c1-9-4-5-11(13(14)15)12(7-9)17-10-3-2-6-16-8-10/h4-5,7,10H,2-3,6,8H2,1H3,(H,14,15). The second-order valence-corrected chi connectivity index (χ2v) is 4.26. The zero-order chi connectivity index (χ0) is 12.3. The number of hydrogen-bond donors (Lipinski definition) is 1. The van der Waals surface area contributed by atoms with Crippen molar-refractivity contribution in [2.75, 3.05) is 13.2 Å². The highest BCUT2D eigenvalue weighted by atomic mass is 16.5. The number of aryl methyl sites for hydroxylation is 1. The number of ether oxygens (including phenoxy) is 2. The number of hydrogen-bond acceptors (Lipinski definition) is 3. The Morgan fingerprint density at radius 3 is 3.00 bits per heavy atom. The van der Waals surface area contributed by atoms with E-state index in [0.717, 1.165) is 25.0 Å². The van der Waals surface area contributed by atoms with Crippen LogP contribution < -0.4 is 4.74 Å². The van der Waals surface area contributed by atoms with Gasteiger partial charge in [-0.3, -0.25) is 0 Å². The molecule has 1 heterocycles. The van der Waals surface area contributed by atoms with Gasteiger partial charge in [0.15, 0.2) is 0 Å². The van der Waals surface area contributed by atoms with Crippen molar-refractivity contribution >= 4 is 5.97 Å². The lowest BCUT2D eigenvalue weighted by atomic mass is 10.1. The quantitative estimate of drug-likeness (QED) is 0.874. The van der Waals surface area contributed by atoms with Crippen LogP contribution in [0.3, 0.4) is 0 Å². The van der Waals surface area contributed by atoms with Crippen molar-refractivity contribution in [2.24, 2.45) is 0 Å². The van der Waals surface area contributed by atoms with E-state index < -0.39 is 5.97 Å². The Labute approximate surface area is 100 Å². The van der Waals surface area contributed by atoms with Crippen LogP contribution in [-0.2, 0) is 4.74 Å². The van der Waals surface area contributed by atoms with Gasteiger partial charge in [-0.1, -0.05) is 6.07 Å². The fourth-order valence-corrected chi connectivity index (χ4v) is 1.89. The first-order chi connectivity index (χ1) is 8.16. The Kier molecular flexibility index (Phi) is 3.64. The van der Waals surface area contributed by atoms with Crippen LogP contribution in [0.15, 0.2) is 18.2 Å². The van der Waals surface area contributed by atoms with Gasteiger partial charge in [-0.05, 0) is 37.5 Å². The van der Waals surface area contributed by atoms with E-state index in [-0.39, 0.29) is 11.7 Å². The number of carbonyl (C=O) groups is 1. The highest BCUT2D eigenvalue weighted by Crippen LogP contribution is 2.23. The van der Waals surface area contributed by atoms with Gasteiger partial charge < -0.3 is 14.6 Å². The molecule has 17 heavy (non-hydrogen) atoms. The molecule has 1 N–H and O–H groups in total. The Hall–Kier alpha value is -1.55. The van der Waals surface area contributed by atoms with Gasteiger partial charge in [0.05, 0.1) is 6.61 Å². The zero-order valence-corrected chi connectivity index (χ0v) is 9.81. The molecule has 0 radical (unpaired) electrons. The molecule has 1 aliphatic heterocycles. The Morgan fingerprint density at radius 2 is 2.35 bits per heavy atom. The normalized spacial score (nSPS) is 19.9. The maximum atomic E-state index is 11.1. The molecule has 2 rings (SSSR count). The zero-order valence-electron chi connectivity index (χ0n) is 9.81. The summed E-state index contributed by atoms with van der Waals surface area (Å²) >= 11 is 0. The first-order valence-corrected chi connectivity index (χ1v) is 5.75. The van der Waals surface area contributed by atoms with E-state index in [1.807, 2.05) is 6.92 Å². The van der Waals surface area contributed by atoms with Crippen LogP contribution in [0.25, 0.3) is 0 Å². The molecule has 0 aliphatic carbocycles. The van der Waals surface area contributed by atoms with Crippen molar-refractivity contribution in [3.05, 3.63) is 29.3 Å². The third-order valence-electron chi connectivity index (χ3n) is 2.78. The van der Waals surface area contributed by atoms with Gasteiger partial charge in [0.1, 0.15) is 17.4 Å². The molecule has 0 bridgehead atoms. The fraction of sp³-hybridized carbons (Fsp3) is 0.462. The van der Waals surface area contributed by atoms with Crippen LogP contribution in [0.5, 0.6) is 5.75 Å². The molecule has 0 saturated carbocycles. The van der Waals surface area contributed by atoms with Gasteiger partial charge in [-0.25, -0.2) is 4.79 Å². The minimum Gasteiger partial charge on any atom is -0.487 e. The van der Waals surface area contributed by atoms with Crippen LogP contribution >= 0.6 is 0 Å². The third-order valence-corrected chi connectivity index (χ3v) is 2.78. The van der Waals surface area contributed by atoms with E-state index in [1.54, 1.807) is 18.2 Å². The Morgan fingerprint density at radius 1 is 1.53 bits per heavy atom. The predicted octanol–water partition coefficient (Wildman–Crippen LogP) is 2.25. The summed E-state index contributed by atoms with van der Waals surface area (Å²) < 4.78 is 11.0. The number of carboxylic acids is 1. The van der Waals surface area contributed by atoms with E-state index in [0.29, 0.717) is 12.4 Å². The first kappa shape index (κ1) is 11.9. The van der Waals surface area contributed by atoms with Gasteiger partial charge in [-0.15, -0.1) is 0 Å². The molecule has 0 spiro atoms. The monoisotopic (exact) mass is 236 g/mol. The summed E-state index contributed by atoms with van der Waals surface area (Å²) in [4.78, 5) is 11.1. The van der Waals surface area contributed by atoms with Gasteiger partial charge in [0.2, 0.25) is 0 Å². The maximum Gasteiger partial charge on any atom is 0.339 e. The van der Waals surface area contributed by atoms with Gasteiger partial charge in [0, 0.05) is 6.61 Å². The minimum absolute atomic E-state index is 0.0383. The second-order valence-electron chi connectivity index (χ2n) is 4.26. The molecule has 1 fully saturated rings. The lowest BCUT2D eigenvalue weighted by molar-refractivity contribution is 0.00677. The molecule has 1 aliphatic rings. The topological polar surface area (TPSA) is 55.8 Å². The van der Waals surface area contributed by atoms with Crippen LogP contribution in [0.2, 0.25) is 0 Å². The van der Waals surface area contributed by atoms with Crippen LogP contribution in [0.1, 0.15) is 28.8 Å². The van der Waals surface area contributed by atoms with Crippen molar-refractivity contribution in [1.29, 1.82) is 0 Å². The second kappa shape index (κ2) is 5.19. The number of carboxylic acid groups (broad SMARTS) is 1. The van der Waals surface area contributed by atoms with Crippen molar-refractivity contribution in [3.8, 4) is 5.75 Å². The lowest BCUT2D eigenvalue weighted by Crippen LogP contribution is -2.28. The molecule has 0 amide bonds. The third kappa shape index (κ3) is 2.97. The summed E-state index contributed by atoms with van der Waals surface area (Å²) in [6.07, 6.45) is 1.83. The van der Waals surface area contributed by atoms with Gasteiger partial charge >= 0.3 is 5.97 Å². The number of aromatic carboxylic acids is 1. The molecular weight excluding hydrogens is 220 g/mol. The average Bonchev–Trinajstić information content (AvgIpc) is 2.30. The maximum absolute atomic E-state index is 11.1. The van der Waals surface area contributed by atoms with Crippen LogP contribution in [0.4, 0.5) is 0 Å². The summed E-state index contributed by atoms with van der Waals surface area (Å²) in [5.74, 6) is -0.523. The van der Waals surface area contributed by atoms with Gasteiger partial charge in [0.25, 0.3) is 0 Å². The van der Waals surface area contributed by atoms with E-state index in [2.05, 4.69) is 0 Å². The summed E-state index contributed by atoms with van der Waals surface area (Å²) in [5.41, 5.74) is 1.20. The van der Waals surface area contributed by atoms with Crippen molar-refractivity contribution in [2.45, 2.75) is 25.9 Å². The number of rotatable bonds is 3. The summed E-state index contributed by atoms with van der Waals surface area (Å²) in [6.45, 7) is 3.21. The minimum atomic E-state index is -0.961. The predicted molar refractivity (Wildman–Crippen MR) is 62.6 cm³/mol. The first-order valence-electron chi connectivity index (χ1n) is 5.75. The fourth-order valence-electron chi connectivity index (χ4n) is 1.89. The average molecular weight is 236 g/mol.